The third-order valence-corrected chi connectivity index (χ3v) is 13.3. The maximum Gasteiger partial charge on any atom is 0.242 e. The molecule has 0 radical (unpaired) electrons. The summed E-state index contributed by atoms with van der Waals surface area (Å²) >= 11 is 0. The lowest BCUT2D eigenvalue weighted by molar-refractivity contribution is -0.145. The summed E-state index contributed by atoms with van der Waals surface area (Å²) in [5.74, 6) is -2.46. The maximum absolute atomic E-state index is 14.9. The van der Waals surface area contributed by atoms with Crippen molar-refractivity contribution >= 4 is 45.4 Å². The second-order valence-corrected chi connectivity index (χ2v) is 19.4. The van der Waals surface area contributed by atoms with Gasteiger partial charge < -0.3 is 47.0 Å². The van der Waals surface area contributed by atoms with Gasteiger partial charge in [0, 0.05) is 38.6 Å². The molecule has 0 fully saturated rings. The Morgan fingerprint density at radius 3 is 1.51 bits per heavy atom. The molecule has 390 valence electrons. The van der Waals surface area contributed by atoms with Gasteiger partial charge in [-0.2, -0.15) is 0 Å². The molecule has 19 heteroatoms. The first kappa shape index (κ1) is 58.1. The Morgan fingerprint density at radius 1 is 0.583 bits per heavy atom. The van der Waals surface area contributed by atoms with Crippen molar-refractivity contribution in [3.05, 3.63) is 138 Å². The number of hydrogen-bond donors (Lipinski definition) is 6. The summed E-state index contributed by atoms with van der Waals surface area (Å²) < 4.78 is 24.0. The highest BCUT2D eigenvalue weighted by molar-refractivity contribution is 7.89. The van der Waals surface area contributed by atoms with Gasteiger partial charge in [-0.25, -0.2) is 13.6 Å². The number of primary sulfonamides is 1. The number of amidine groups is 1. The van der Waals surface area contributed by atoms with Crippen LogP contribution in [-0.4, -0.2) is 153 Å². The van der Waals surface area contributed by atoms with Crippen LogP contribution in [0.1, 0.15) is 80.2 Å². The number of sulfonamides is 1. The summed E-state index contributed by atoms with van der Waals surface area (Å²) in [4.78, 5) is 76.3. The molecular weight excluding hydrogens is 935 g/mol. The monoisotopic (exact) mass is 1010 g/mol. The Bertz CT molecular complexity index is 2390. The largest absolute Gasteiger partial charge is 0.368 e. The van der Waals surface area contributed by atoms with Gasteiger partial charge in [0.05, 0.1) is 50.2 Å². The lowest BCUT2D eigenvalue weighted by Gasteiger charge is -2.36. The molecule has 18 nitrogen and oxygen atoms in total. The molecule has 4 rings (SSSR count). The maximum atomic E-state index is 14.9. The lowest BCUT2D eigenvalue weighted by Crippen LogP contribution is -2.52. The second kappa shape index (κ2) is 30.4. The topological polar surface area (TPSA) is 276 Å². The van der Waals surface area contributed by atoms with Crippen molar-refractivity contribution in [1.82, 2.24) is 29.8 Å². The van der Waals surface area contributed by atoms with Crippen LogP contribution >= 0.6 is 0 Å². The molecule has 5 amide bonds. The number of hydrogen-bond acceptors (Lipinski definition) is 11. The molecule has 72 heavy (non-hydrogen) atoms. The first-order valence-electron chi connectivity index (χ1n) is 24.7. The van der Waals surface area contributed by atoms with E-state index >= 15 is 0 Å². The first-order valence-corrected chi connectivity index (χ1v) is 26.2. The molecule has 0 heterocycles. The van der Waals surface area contributed by atoms with Gasteiger partial charge >= 0.3 is 0 Å². The number of rotatable bonds is 32. The quantitative estimate of drug-likeness (QED) is 0.0235. The summed E-state index contributed by atoms with van der Waals surface area (Å²) in [6, 6.07) is 34.9. The second-order valence-electron chi connectivity index (χ2n) is 17.8. The fourth-order valence-corrected chi connectivity index (χ4v) is 8.80. The molecule has 1 atom stereocenters. The van der Waals surface area contributed by atoms with Crippen LogP contribution in [-0.2, 0) is 40.4 Å². The molecule has 0 saturated heterocycles. The standard InChI is InChI=1S/C53H75N11O7S/c1-3-30-60(50(66)35-59-34-47(44-19-9-5-10-20-44)45-21-11-6-12-22-45)36-48(56)64(41(2)43-17-7-4-8-18-43)40-53(69)63(33-27-42-23-25-46(26-24-42)72(58,70)71)39-52(68)62(32-16-14-29-55)38-51(67)61(37-49(57)65)31-15-13-28-54/h4-12,17-26,41,47,56,59H,3,13-16,27-40,54-55H2,1-2H3,(H2,57,65)(H2,58,70,71). The Kier molecular flexibility index (Phi) is 24.5. The van der Waals surface area contributed by atoms with E-state index in [-0.39, 0.29) is 81.3 Å². The van der Waals surface area contributed by atoms with Crippen LogP contribution in [0.3, 0.4) is 0 Å². The van der Waals surface area contributed by atoms with Crippen molar-refractivity contribution in [2.45, 2.75) is 69.2 Å². The molecule has 10 N–H and O–H groups in total. The zero-order chi connectivity index (χ0) is 52.5. The lowest BCUT2D eigenvalue weighted by atomic mass is 9.91. The van der Waals surface area contributed by atoms with Crippen LogP contribution in [0.4, 0.5) is 0 Å². The molecule has 0 aliphatic rings. The molecule has 0 aromatic heterocycles. The highest BCUT2D eigenvalue weighted by Gasteiger charge is 2.30. The van der Waals surface area contributed by atoms with E-state index in [0.717, 1.165) is 16.7 Å². The van der Waals surface area contributed by atoms with Crippen molar-refractivity contribution in [3.63, 3.8) is 0 Å². The van der Waals surface area contributed by atoms with Crippen LogP contribution in [0, 0.1) is 5.41 Å². The highest BCUT2D eigenvalue weighted by Crippen LogP contribution is 2.24. The number of amides is 5. The van der Waals surface area contributed by atoms with E-state index in [1.165, 1.54) is 26.8 Å². The minimum Gasteiger partial charge on any atom is -0.368 e. The SMILES string of the molecule is CCCN(CC(=N)N(CC(=O)N(CCc1ccc(S(N)(=O)=O)cc1)CC(=O)N(CCCCN)CC(=O)N(CCCCN)CC(N)=O)C(C)c1ccccc1)C(=O)CNCC(c1ccccc1)c1ccccc1. The van der Waals surface area contributed by atoms with Crippen molar-refractivity contribution in [1.29, 1.82) is 5.41 Å². The van der Waals surface area contributed by atoms with Crippen molar-refractivity contribution in [2.75, 3.05) is 85.1 Å². The van der Waals surface area contributed by atoms with Crippen LogP contribution in [0.2, 0.25) is 0 Å². The Hall–Kier alpha value is -6.51. The van der Waals surface area contributed by atoms with Crippen molar-refractivity contribution in [3.8, 4) is 0 Å². The smallest absolute Gasteiger partial charge is 0.242 e. The van der Waals surface area contributed by atoms with Gasteiger partial charge in [-0.3, -0.25) is 29.4 Å². The van der Waals surface area contributed by atoms with E-state index in [0.29, 0.717) is 63.8 Å². The number of unbranched alkanes of at least 4 members (excludes halogenated alkanes) is 2. The first-order chi connectivity index (χ1) is 34.6. The van der Waals surface area contributed by atoms with Crippen molar-refractivity contribution in [2.24, 2.45) is 22.3 Å². The van der Waals surface area contributed by atoms with Crippen LogP contribution < -0.4 is 27.7 Å². The summed E-state index contributed by atoms with van der Waals surface area (Å²) in [6.07, 6.45) is 2.97. The molecule has 1 unspecified atom stereocenters. The van der Waals surface area contributed by atoms with E-state index in [1.807, 2.05) is 80.6 Å². The van der Waals surface area contributed by atoms with Gasteiger partial charge in [0.1, 0.15) is 5.84 Å². The third kappa shape index (κ3) is 19.2. The summed E-state index contributed by atoms with van der Waals surface area (Å²) in [5, 5.41) is 18.3. The fourth-order valence-electron chi connectivity index (χ4n) is 8.29. The van der Waals surface area contributed by atoms with E-state index < -0.39 is 46.2 Å². The van der Waals surface area contributed by atoms with Crippen LogP contribution in [0.15, 0.2) is 120 Å². The zero-order valence-corrected chi connectivity index (χ0v) is 42.7. The Morgan fingerprint density at radius 2 is 1.04 bits per heavy atom. The number of nitrogens with zero attached hydrogens (tertiary/aromatic N) is 5. The minimum atomic E-state index is -3.97. The molecular formula is C53H75N11O7S. The average molecular weight is 1010 g/mol. The number of primary amides is 1. The third-order valence-electron chi connectivity index (χ3n) is 12.4. The van der Waals surface area contributed by atoms with Gasteiger partial charge in [0.25, 0.3) is 0 Å². The van der Waals surface area contributed by atoms with E-state index in [9.17, 15) is 37.8 Å². The molecule has 4 aromatic rings. The van der Waals surface area contributed by atoms with Crippen molar-refractivity contribution < 1.29 is 32.4 Å². The molecule has 0 saturated carbocycles. The molecule has 0 spiro atoms. The highest BCUT2D eigenvalue weighted by atomic mass is 32.2. The molecule has 0 aliphatic heterocycles. The van der Waals surface area contributed by atoms with Gasteiger partial charge in [-0.1, -0.05) is 110 Å². The summed E-state index contributed by atoms with van der Waals surface area (Å²) in [5.41, 5.74) is 20.7. The summed E-state index contributed by atoms with van der Waals surface area (Å²) in [6.45, 7) is 4.15. The number of carbonyl (C=O) groups excluding carboxylic acids is 5. The fraction of sp³-hybridized carbons (Fsp3) is 0.434. The Balaban J connectivity index is 1.62. The normalized spacial score (nSPS) is 11.7. The number of benzene rings is 4. The molecule has 4 aromatic carbocycles. The number of carbonyl (C=O) groups is 5. The predicted molar refractivity (Wildman–Crippen MR) is 281 cm³/mol. The zero-order valence-electron chi connectivity index (χ0n) is 41.9. The van der Waals surface area contributed by atoms with Gasteiger partial charge in [-0.15, -0.1) is 0 Å². The number of nitrogens with two attached hydrogens (primary N) is 4. The summed E-state index contributed by atoms with van der Waals surface area (Å²) in [7, 11) is -3.97. The molecule has 0 bridgehead atoms. The van der Waals surface area contributed by atoms with Gasteiger partial charge in [0.15, 0.2) is 0 Å². The average Bonchev–Trinajstić information content (AvgIpc) is 3.37. The van der Waals surface area contributed by atoms with E-state index in [2.05, 4.69) is 29.6 Å². The van der Waals surface area contributed by atoms with E-state index in [4.69, 9.17) is 22.3 Å². The number of nitrogens with one attached hydrogen (secondary N) is 2. The Labute approximate surface area is 425 Å². The van der Waals surface area contributed by atoms with Gasteiger partial charge in [0.2, 0.25) is 39.6 Å². The minimum absolute atomic E-state index is 0.00324. The predicted octanol–water partition coefficient (Wildman–Crippen LogP) is 3.03. The van der Waals surface area contributed by atoms with Crippen LogP contribution in [0.5, 0.6) is 0 Å². The molecule has 0 aliphatic carbocycles. The van der Waals surface area contributed by atoms with E-state index in [1.54, 1.807) is 21.9 Å². The van der Waals surface area contributed by atoms with Crippen LogP contribution in [0.25, 0.3) is 0 Å². The van der Waals surface area contributed by atoms with Gasteiger partial charge in [-0.05, 0) is 92.9 Å².